The largest absolute Gasteiger partial charge is 0.508 e. The summed E-state index contributed by atoms with van der Waals surface area (Å²) in [6.07, 6.45) is 1.39. The third kappa shape index (κ3) is 6.87. The van der Waals surface area contributed by atoms with Crippen molar-refractivity contribution in [3.8, 4) is 5.75 Å². The fraction of sp³-hybridized carbons (Fsp3) is 0.462. The monoisotopic (exact) mass is 224 g/mol. The molecule has 1 aromatic carbocycles. The van der Waals surface area contributed by atoms with Crippen LogP contribution in [0.15, 0.2) is 24.3 Å². The van der Waals surface area contributed by atoms with E-state index in [9.17, 15) is 4.79 Å². The molecule has 0 aliphatic heterocycles. The lowest BCUT2D eigenvalue weighted by Gasteiger charge is -1.97. The summed E-state index contributed by atoms with van der Waals surface area (Å²) in [7, 11) is 0. The van der Waals surface area contributed by atoms with Gasteiger partial charge in [0.2, 0.25) is 0 Å². The molecule has 0 amide bonds. The van der Waals surface area contributed by atoms with Gasteiger partial charge in [0.25, 0.3) is 0 Å². The number of para-hydroxylation sites is 1. The van der Waals surface area contributed by atoms with Crippen LogP contribution in [0.3, 0.4) is 0 Å². The van der Waals surface area contributed by atoms with Crippen molar-refractivity contribution in [2.75, 3.05) is 6.61 Å². The summed E-state index contributed by atoms with van der Waals surface area (Å²) in [4.78, 5) is 10.3. The Balaban J connectivity index is 0.000000281. The number of carbonyl (C=O) groups is 1. The molecule has 3 heteroatoms. The molecule has 16 heavy (non-hydrogen) atoms. The van der Waals surface area contributed by atoms with E-state index in [0.717, 1.165) is 12.0 Å². The third-order valence-corrected chi connectivity index (χ3v) is 1.87. The second kappa shape index (κ2) is 8.77. The number of carbonyl (C=O) groups excluding carboxylic acids is 1. The molecule has 0 radical (unpaired) electrons. The summed E-state index contributed by atoms with van der Waals surface area (Å²) >= 11 is 0. The summed E-state index contributed by atoms with van der Waals surface area (Å²) in [5, 5.41) is 8.92. The Hall–Kier alpha value is -1.51. The lowest BCUT2D eigenvalue weighted by atomic mass is 10.2. The van der Waals surface area contributed by atoms with Crippen molar-refractivity contribution in [3.63, 3.8) is 0 Å². The number of phenols is 1. The van der Waals surface area contributed by atoms with Gasteiger partial charge in [0.05, 0.1) is 6.61 Å². The van der Waals surface area contributed by atoms with Gasteiger partial charge >= 0.3 is 5.97 Å². The molecule has 0 fully saturated rings. The highest BCUT2D eigenvalue weighted by Crippen LogP contribution is 2.12. The lowest BCUT2D eigenvalue weighted by Crippen LogP contribution is -2.02. The van der Waals surface area contributed by atoms with Crippen LogP contribution in [0.4, 0.5) is 0 Å². The van der Waals surface area contributed by atoms with Gasteiger partial charge in [-0.1, -0.05) is 32.0 Å². The van der Waals surface area contributed by atoms with Gasteiger partial charge in [-0.25, -0.2) is 0 Å². The number of phenolic OH excluding ortho intramolecular Hbond substituents is 1. The minimum atomic E-state index is -0.105. The Labute approximate surface area is 97.1 Å². The number of ether oxygens (including phenoxy) is 1. The molecular weight excluding hydrogens is 204 g/mol. The van der Waals surface area contributed by atoms with E-state index >= 15 is 0 Å². The maximum absolute atomic E-state index is 10.3. The number of rotatable bonds is 3. The molecule has 1 aromatic rings. The lowest BCUT2D eigenvalue weighted by molar-refractivity contribution is -0.143. The van der Waals surface area contributed by atoms with E-state index in [1.54, 1.807) is 13.0 Å². The Kier molecular flexibility index (Phi) is 7.94. The predicted octanol–water partition coefficient (Wildman–Crippen LogP) is 3.05. The molecule has 90 valence electrons. The molecule has 0 aliphatic carbocycles. The summed E-state index contributed by atoms with van der Waals surface area (Å²) in [5.41, 5.74) is 0.924. The Morgan fingerprint density at radius 3 is 2.31 bits per heavy atom. The minimum Gasteiger partial charge on any atom is -0.508 e. The molecule has 3 nitrogen and oxygen atoms in total. The van der Waals surface area contributed by atoms with E-state index in [0.29, 0.717) is 18.8 Å². The van der Waals surface area contributed by atoms with Crippen molar-refractivity contribution in [1.82, 2.24) is 0 Å². The van der Waals surface area contributed by atoms with Crippen LogP contribution in [0.25, 0.3) is 0 Å². The fourth-order valence-electron chi connectivity index (χ4n) is 0.881. The zero-order valence-electron chi connectivity index (χ0n) is 10.2. The van der Waals surface area contributed by atoms with Gasteiger partial charge in [-0.3, -0.25) is 4.79 Å². The normalized spacial score (nSPS) is 8.94. The van der Waals surface area contributed by atoms with E-state index in [-0.39, 0.29) is 5.97 Å². The minimum absolute atomic E-state index is 0.105. The number of benzene rings is 1. The number of aryl methyl sites for hydroxylation is 1. The van der Waals surface area contributed by atoms with Gasteiger partial charge in [0.15, 0.2) is 0 Å². The highest BCUT2D eigenvalue weighted by atomic mass is 16.5. The molecular formula is C13H20O3. The standard InChI is InChI=1S/C7H8O.C6H12O2/c1-6-4-2-3-5-7(6)8;1-3-5-8-6(7)4-2/h2-5,8H,1H3;3-5H2,1-2H3. The van der Waals surface area contributed by atoms with E-state index in [1.807, 2.05) is 32.0 Å². The zero-order chi connectivity index (χ0) is 12.4. The van der Waals surface area contributed by atoms with Gasteiger partial charge in [-0.15, -0.1) is 0 Å². The zero-order valence-corrected chi connectivity index (χ0v) is 10.2. The number of aromatic hydroxyl groups is 1. The predicted molar refractivity (Wildman–Crippen MR) is 64.4 cm³/mol. The van der Waals surface area contributed by atoms with Gasteiger partial charge in [-0.2, -0.15) is 0 Å². The fourth-order valence-corrected chi connectivity index (χ4v) is 0.881. The van der Waals surface area contributed by atoms with Crippen LogP contribution in [-0.4, -0.2) is 17.7 Å². The maximum Gasteiger partial charge on any atom is 0.305 e. The summed E-state index contributed by atoms with van der Waals surface area (Å²) in [5.74, 6) is 0.263. The quantitative estimate of drug-likeness (QED) is 0.803. The van der Waals surface area contributed by atoms with Crippen LogP contribution in [0.2, 0.25) is 0 Å². The van der Waals surface area contributed by atoms with Gasteiger partial charge in [0, 0.05) is 6.42 Å². The first-order valence-electron chi connectivity index (χ1n) is 5.52. The van der Waals surface area contributed by atoms with Crippen molar-refractivity contribution in [2.45, 2.75) is 33.6 Å². The molecule has 0 aromatic heterocycles. The van der Waals surface area contributed by atoms with Gasteiger partial charge in [-0.05, 0) is 25.0 Å². The number of esters is 1. The van der Waals surface area contributed by atoms with Crippen LogP contribution < -0.4 is 0 Å². The van der Waals surface area contributed by atoms with Crippen LogP contribution in [0.1, 0.15) is 32.3 Å². The summed E-state index contributed by atoms with van der Waals surface area (Å²) in [6.45, 7) is 6.20. The number of hydrogen-bond donors (Lipinski definition) is 1. The maximum atomic E-state index is 10.3. The van der Waals surface area contributed by atoms with Crippen molar-refractivity contribution in [3.05, 3.63) is 29.8 Å². The van der Waals surface area contributed by atoms with Gasteiger partial charge in [0.1, 0.15) is 5.75 Å². The molecule has 0 aliphatic rings. The van der Waals surface area contributed by atoms with E-state index in [4.69, 9.17) is 9.84 Å². The molecule has 0 saturated heterocycles. The molecule has 0 atom stereocenters. The molecule has 1 N–H and O–H groups in total. The van der Waals surface area contributed by atoms with Crippen molar-refractivity contribution >= 4 is 5.97 Å². The first-order chi connectivity index (χ1) is 7.61. The Morgan fingerprint density at radius 2 is 1.94 bits per heavy atom. The third-order valence-electron chi connectivity index (χ3n) is 1.87. The highest BCUT2D eigenvalue weighted by molar-refractivity contribution is 5.68. The SMILES string of the molecule is CCCOC(=O)CC.Cc1ccccc1O. The molecule has 0 unspecified atom stereocenters. The second-order valence-electron chi connectivity index (χ2n) is 3.36. The topological polar surface area (TPSA) is 46.5 Å². The molecule has 0 spiro atoms. The summed E-state index contributed by atoms with van der Waals surface area (Å²) < 4.78 is 4.70. The average Bonchev–Trinajstić information content (AvgIpc) is 2.30. The van der Waals surface area contributed by atoms with E-state index < -0.39 is 0 Å². The molecule has 0 saturated carbocycles. The Bertz CT molecular complexity index is 287. The highest BCUT2D eigenvalue weighted by Gasteiger charge is 1.93. The first kappa shape index (κ1) is 14.5. The van der Waals surface area contributed by atoms with Crippen molar-refractivity contribution < 1.29 is 14.6 Å². The first-order valence-corrected chi connectivity index (χ1v) is 5.52. The Morgan fingerprint density at radius 1 is 1.31 bits per heavy atom. The van der Waals surface area contributed by atoms with E-state index in [2.05, 4.69) is 0 Å². The van der Waals surface area contributed by atoms with Crippen molar-refractivity contribution in [1.29, 1.82) is 0 Å². The molecule has 0 heterocycles. The second-order valence-corrected chi connectivity index (χ2v) is 3.36. The van der Waals surface area contributed by atoms with Gasteiger partial charge < -0.3 is 9.84 Å². The summed E-state index contributed by atoms with van der Waals surface area (Å²) in [6, 6.07) is 7.25. The van der Waals surface area contributed by atoms with Crippen molar-refractivity contribution in [2.24, 2.45) is 0 Å². The molecule has 1 rings (SSSR count). The average molecular weight is 224 g/mol. The van der Waals surface area contributed by atoms with Crippen LogP contribution in [0, 0.1) is 6.92 Å². The van der Waals surface area contributed by atoms with Crippen LogP contribution >= 0.6 is 0 Å². The molecule has 0 bridgehead atoms. The van der Waals surface area contributed by atoms with E-state index in [1.165, 1.54) is 0 Å². The smallest absolute Gasteiger partial charge is 0.305 e. The van der Waals surface area contributed by atoms with Crippen LogP contribution in [0.5, 0.6) is 5.75 Å². The van der Waals surface area contributed by atoms with Crippen LogP contribution in [-0.2, 0) is 9.53 Å². The number of hydrogen-bond acceptors (Lipinski definition) is 3.